The molecule has 1 aromatic rings. The van der Waals surface area contributed by atoms with Crippen LogP contribution in [0.15, 0.2) is 18.3 Å². The lowest BCUT2D eigenvalue weighted by Gasteiger charge is -2.42. The van der Waals surface area contributed by atoms with Gasteiger partial charge in [0.25, 0.3) is 0 Å². The second-order valence-electron chi connectivity index (χ2n) is 7.30. The number of carbonyl (C=O) groups is 1. The van der Waals surface area contributed by atoms with E-state index in [1.165, 1.54) is 18.9 Å². The number of pyridine rings is 1. The van der Waals surface area contributed by atoms with Crippen LogP contribution in [0.1, 0.15) is 44.9 Å². The van der Waals surface area contributed by atoms with E-state index in [1.54, 1.807) is 12.3 Å². The summed E-state index contributed by atoms with van der Waals surface area (Å²) < 4.78 is 14.0. The molecule has 4 rings (SSSR count). The molecule has 1 aromatic heterocycles. The number of nitrogens with zero attached hydrogens (tertiary/aromatic N) is 3. The van der Waals surface area contributed by atoms with Crippen LogP contribution in [-0.2, 0) is 4.79 Å². The Kier molecular flexibility index (Phi) is 3.74. The van der Waals surface area contributed by atoms with Gasteiger partial charge in [-0.15, -0.1) is 0 Å². The molecule has 0 radical (unpaired) electrons. The van der Waals surface area contributed by atoms with Gasteiger partial charge in [0.2, 0.25) is 5.91 Å². The van der Waals surface area contributed by atoms with E-state index in [0.29, 0.717) is 24.3 Å². The van der Waals surface area contributed by atoms with Crippen molar-refractivity contribution in [1.29, 1.82) is 0 Å². The molecule has 3 fully saturated rings. The molecule has 4 nitrogen and oxygen atoms in total. The highest BCUT2D eigenvalue weighted by Gasteiger charge is 2.50. The third-order valence-electron chi connectivity index (χ3n) is 5.93. The molecule has 5 heteroatoms. The lowest BCUT2D eigenvalue weighted by atomic mass is 9.77. The third-order valence-corrected chi connectivity index (χ3v) is 5.93. The van der Waals surface area contributed by atoms with E-state index in [2.05, 4.69) is 9.88 Å². The normalized spacial score (nSPS) is 29.0. The smallest absolute Gasteiger partial charge is 0.230 e. The minimum atomic E-state index is -0.315. The van der Waals surface area contributed by atoms with Crippen LogP contribution in [0.4, 0.5) is 10.2 Å². The van der Waals surface area contributed by atoms with Crippen molar-refractivity contribution in [1.82, 2.24) is 9.88 Å². The zero-order chi connectivity index (χ0) is 15.9. The zero-order valence-electron chi connectivity index (χ0n) is 13.5. The van der Waals surface area contributed by atoms with Crippen molar-refractivity contribution in [2.45, 2.75) is 51.0 Å². The van der Waals surface area contributed by atoms with E-state index in [4.69, 9.17) is 0 Å². The lowest BCUT2D eigenvalue weighted by molar-refractivity contribution is -0.147. The molecule has 2 saturated heterocycles. The molecule has 1 spiro atoms. The monoisotopic (exact) mass is 317 g/mol. The van der Waals surface area contributed by atoms with Crippen molar-refractivity contribution < 1.29 is 9.18 Å². The Balaban J connectivity index is 1.54. The Morgan fingerprint density at radius 2 is 2.00 bits per heavy atom. The molecule has 3 heterocycles. The van der Waals surface area contributed by atoms with Crippen molar-refractivity contribution in [3.05, 3.63) is 24.1 Å². The standard InChI is InChI=1S/C18H24FN3O/c19-15-7-3-10-20-16(15)21-12-9-18(13-21)8-4-11-22(17(18)23)14-5-1-2-6-14/h3,7,10,14H,1-2,4-6,8-9,11-13H2/t18-/m0/s1. The fourth-order valence-electron chi connectivity index (χ4n) is 4.71. The second-order valence-corrected chi connectivity index (χ2v) is 7.30. The number of carbonyl (C=O) groups excluding carboxylic acids is 1. The molecule has 0 aromatic carbocycles. The van der Waals surface area contributed by atoms with Crippen LogP contribution in [0.3, 0.4) is 0 Å². The first kappa shape index (κ1) is 14.9. The minimum Gasteiger partial charge on any atom is -0.353 e. The Hall–Kier alpha value is -1.65. The maximum absolute atomic E-state index is 14.0. The van der Waals surface area contributed by atoms with Gasteiger partial charge in [-0.2, -0.15) is 0 Å². The number of amides is 1. The fraction of sp³-hybridized carbons (Fsp3) is 0.667. The van der Waals surface area contributed by atoms with Gasteiger partial charge in [0.1, 0.15) is 0 Å². The van der Waals surface area contributed by atoms with Gasteiger partial charge in [-0.3, -0.25) is 4.79 Å². The Bertz CT molecular complexity index is 602. The van der Waals surface area contributed by atoms with Crippen LogP contribution in [0, 0.1) is 11.2 Å². The average molecular weight is 317 g/mol. The first-order valence-corrected chi connectivity index (χ1v) is 8.86. The van der Waals surface area contributed by atoms with Gasteiger partial charge in [-0.25, -0.2) is 9.37 Å². The van der Waals surface area contributed by atoms with Gasteiger partial charge in [0, 0.05) is 31.9 Å². The van der Waals surface area contributed by atoms with Crippen LogP contribution in [0.25, 0.3) is 0 Å². The van der Waals surface area contributed by atoms with Crippen LogP contribution < -0.4 is 4.90 Å². The molecule has 124 valence electrons. The van der Waals surface area contributed by atoms with Gasteiger partial charge in [-0.1, -0.05) is 12.8 Å². The predicted molar refractivity (Wildman–Crippen MR) is 86.7 cm³/mol. The van der Waals surface area contributed by atoms with Crippen LogP contribution in [0.5, 0.6) is 0 Å². The summed E-state index contributed by atoms with van der Waals surface area (Å²) in [7, 11) is 0. The topological polar surface area (TPSA) is 36.4 Å². The molecule has 0 bridgehead atoms. The molecule has 1 amide bonds. The highest BCUT2D eigenvalue weighted by Crippen LogP contribution is 2.43. The highest BCUT2D eigenvalue weighted by atomic mass is 19.1. The highest BCUT2D eigenvalue weighted by molar-refractivity contribution is 5.85. The zero-order valence-corrected chi connectivity index (χ0v) is 13.5. The summed E-state index contributed by atoms with van der Waals surface area (Å²) in [4.78, 5) is 21.5. The fourth-order valence-corrected chi connectivity index (χ4v) is 4.71. The number of hydrogen-bond acceptors (Lipinski definition) is 3. The van der Waals surface area contributed by atoms with E-state index in [1.807, 2.05) is 4.90 Å². The first-order valence-electron chi connectivity index (χ1n) is 8.86. The molecule has 1 saturated carbocycles. The van der Waals surface area contributed by atoms with Gasteiger partial charge in [0.15, 0.2) is 11.6 Å². The molecule has 1 atom stereocenters. The number of rotatable bonds is 2. The maximum Gasteiger partial charge on any atom is 0.230 e. The SMILES string of the molecule is O=C1N(C2CCCC2)CCC[C@@]12CCN(c1ncccc1F)C2. The maximum atomic E-state index is 14.0. The van der Waals surface area contributed by atoms with E-state index in [0.717, 1.165) is 45.2 Å². The summed E-state index contributed by atoms with van der Waals surface area (Å²) in [5.74, 6) is 0.421. The lowest BCUT2D eigenvalue weighted by Crippen LogP contribution is -2.53. The molecule has 1 aliphatic carbocycles. The van der Waals surface area contributed by atoms with Crippen LogP contribution >= 0.6 is 0 Å². The van der Waals surface area contributed by atoms with Crippen LogP contribution in [0.2, 0.25) is 0 Å². The van der Waals surface area contributed by atoms with Crippen molar-refractivity contribution in [2.24, 2.45) is 5.41 Å². The number of likely N-dealkylation sites (tertiary alicyclic amines) is 1. The molecule has 0 N–H and O–H groups in total. The second kappa shape index (κ2) is 5.77. The summed E-state index contributed by atoms with van der Waals surface area (Å²) >= 11 is 0. The largest absolute Gasteiger partial charge is 0.353 e. The van der Waals surface area contributed by atoms with Gasteiger partial charge < -0.3 is 9.80 Å². The number of piperidine rings is 1. The Labute approximate surface area is 136 Å². The summed E-state index contributed by atoms with van der Waals surface area (Å²) in [5, 5.41) is 0. The van der Waals surface area contributed by atoms with Crippen molar-refractivity contribution >= 4 is 11.7 Å². The quantitative estimate of drug-likeness (QED) is 0.841. The minimum absolute atomic E-state index is 0.291. The average Bonchev–Trinajstić information content (AvgIpc) is 3.22. The molecule has 0 unspecified atom stereocenters. The van der Waals surface area contributed by atoms with Crippen molar-refractivity contribution in [3.63, 3.8) is 0 Å². The van der Waals surface area contributed by atoms with Gasteiger partial charge in [-0.05, 0) is 44.2 Å². The summed E-state index contributed by atoms with van der Waals surface area (Å²) in [6, 6.07) is 3.50. The first-order chi connectivity index (χ1) is 11.2. The number of anilines is 1. The van der Waals surface area contributed by atoms with E-state index < -0.39 is 0 Å². The summed E-state index contributed by atoms with van der Waals surface area (Å²) in [5.41, 5.74) is -0.315. The van der Waals surface area contributed by atoms with E-state index in [9.17, 15) is 9.18 Å². The van der Waals surface area contributed by atoms with Gasteiger partial charge >= 0.3 is 0 Å². The predicted octanol–water partition coefficient (Wildman–Crippen LogP) is 2.98. The molecular weight excluding hydrogens is 293 g/mol. The summed E-state index contributed by atoms with van der Waals surface area (Å²) in [6.07, 6.45) is 9.24. The molecule has 3 aliphatic rings. The number of aromatic nitrogens is 1. The van der Waals surface area contributed by atoms with Crippen molar-refractivity contribution in [3.8, 4) is 0 Å². The molecular formula is C18H24FN3O. The number of halogens is 1. The molecule has 23 heavy (non-hydrogen) atoms. The van der Waals surface area contributed by atoms with Crippen molar-refractivity contribution in [2.75, 3.05) is 24.5 Å². The third kappa shape index (κ3) is 2.50. The van der Waals surface area contributed by atoms with E-state index in [-0.39, 0.29) is 11.2 Å². The Morgan fingerprint density at radius 3 is 2.78 bits per heavy atom. The Morgan fingerprint density at radius 1 is 1.17 bits per heavy atom. The molecule has 2 aliphatic heterocycles. The van der Waals surface area contributed by atoms with E-state index >= 15 is 0 Å². The summed E-state index contributed by atoms with van der Waals surface area (Å²) in [6.45, 7) is 2.24. The van der Waals surface area contributed by atoms with Gasteiger partial charge in [0.05, 0.1) is 5.41 Å². The number of hydrogen-bond donors (Lipinski definition) is 0. The van der Waals surface area contributed by atoms with Crippen LogP contribution in [-0.4, -0.2) is 41.5 Å².